The lowest BCUT2D eigenvalue weighted by molar-refractivity contribution is -0.121. The quantitative estimate of drug-likeness (QED) is 0.675. The molecule has 0 radical (unpaired) electrons. The Morgan fingerprint density at radius 1 is 1.39 bits per heavy atom. The van der Waals surface area contributed by atoms with Gasteiger partial charge in [0.15, 0.2) is 6.61 Å². The normalized spacial score (nSPS) is 9.61. The fraction of sp³-hybridized carbons (Fsp3) is 0.100. The van der Waals surface area contributed by atoms with Crippen LogP contribution in [0.1, 0.15) is 10.4 Å². The Kier molecular flexibility index (Phi) is 4.89. The summed E-state index contributed by atoms with van der Waals surface area (Å²) in [6, 6.07) is 3.28. The zero-order valence-electron chi connectivity index (χ0n) is 8.97. The first-order valence-electron chi connectivity index (χ1n) is 4.65. The van der Waals surface area contributed by atoms with Gasteiger partial charge in [0.05, 0.1) is 9.13 Å². The molecule has 96 valence electrons. The van der Waals surface area contributed by atoms with Crippen molar-refractivity contribution in [2.45, 2.75) is 0 Å². The molecule has 1 aromatic carbocycles. The van der Waals surface area contributed by atoms with E-state index in [0.717, 1.165) is 0 Å². The predicted molar refractivity (Wildman–Crippen MR) is 69.3 cm³/mol. The number of nitrogens with one attached hydrogen (secondary N) is 1. The summed E-state index contributed by atoms with van der Waals surface area (Å²) in [7, 11) is 0. The molecule has 0 saturated heterocycles. The molecule has 0 fully saturated rings. The monoisotopic (exact) mass is 364 g/mol. The largest absolute Gasteiger partial charge is 0.483 e. The fourth-order valence-corrected chi connectivity index (χ4v) is 1.55. The van der Waals surface area contributed by atoms with Crippen LogP contribution in [0.4, 0.5) is 4.79 Å². The number of carbonyl (C=O) groups is 3. The fourth-order valence-electron chi connectivity index (χ4n) is 1.06. The van der Waals surface area contributed by atoms with Crippen LogP contribution in [0.5, 0.6) is 5.75 Å². The van der Waals surface area contributed by atoms with Crippen LogP contribution < -0.4 is 15.8 Å². The second kappa shape index (κ2) is 6.19. The molecule has 18 heavy (non-hydrogen) atoms. The van der Waals surface area contributed by atoms with Gasteiger partial charge in [0.25, 0.3) is 5.91 Å². The van der Waals surface area contributed by atoms with E-state index >= 15 is 0 Å². The zero-order chi connectivity index (χ0) is 13.7. The lowest BCUT2D eigenvalue weighted by atomic mass is 10.2. The molecule has 1 rings (SSSR count). The zero-order valence-corrected chi connectivity index (χ0v) is 11.1. The number of hydrogen-bond donors (Lipinski definition) is 3. The topological polar surface area (TPSA) is 119 Å². The van der Waals surface area contributed by atoms with Gasteiger partial charge in [0, 0.05) is 0 Å². The average Bonchev–Trinajstić information content (AvgIpc) is 2.26. The number of halogens is 1. The van der Waals surface area contributed by atoms with Gasteiger partial charge in [-0.25, -0.2) is 9.59 Å². The van der Waals surface area contributed by atoms with E-state index in [1.807, 2.05) is 27.9 Å². The molecule has 0 bridgehead atoms. The molecular weight excluding hydrogens is 355 g/mol. The molecule has 3 amide bonds. The van der Waals surface area contributed by atoms with Crippen molar-refractivity contribution < 1.29 is 24.2 Å². The minimum absolute atomic E-state index is 0.0423. The van der Waals surface area contributed by atoms with Crippen molar-refractivity contribution in [3.8, 4) is 5.75 Å². The Bertz CT molecular complexity index is 503. The average molecular weight is 364 g/mol. The molecule has 0 aromatic heterocycles. The smallest absolute Gasteiger partial charge is 0.335 e. The van der Waals surface area contributed by atoms with Crippen LogP contribution in [-0.2, 0) is 4.79 Å². The van der Waals surface area contributed by atoms with Gasteiger partial charge in [-0.2, -0.15) is 0 Å². The Morgan fingerprint density at radius 2 is 2.06 bits per heavy atom. The van der Waals surface area contributed by atoms with E-state index in [-0.39, 0.29) is 11.3 Å². The summed E-state index contributed by atoms with van der Waals surface area (Å²) in [5.74, 6) is -1.56. The van der Waals surface area contributed by atoms with Crippen LogP contribution in [0, 0.1) is 3.57 Å². The Hall–Kier alpha value is -1.84. The van der Waals surface area contributed by atoms with Crippen molar-refractivity contribution in [1.82, 2.24) is 5.32 Å². The highest BCUT2D eigenvalue weighted by atomic mass is 127. The summed E-state index contributed by atoms with van der Waals surface area (Å²) in [6.45, 7) is -0.429. The first kappa shape index (κ1) is 14.2. The van der Waals surface area contributed by atoms with Crippen molar-refractivity contribution in [3.63, 3.8) is 0 Å². The Labute approximate surface area is 115 Å². The van der Waals surface area contributed by atoms with Crippen molar-refractivity contribution in [2.24, 2.45) is 5.73 Å². The Morgan fingerprint density at radius 3 is 2.61 bits per heavy atom. The molecule has 0 aliphatic heterocycles. The number of amides is 3. The summed E-state index contributed by atoms with van der Waals surface area (Å²) in [6.07, 6.45) is 0. The standard InChI is InChI=1S/C10H9IN2O5/c11-6-2-1-5(9(15)16)3-7(6)18-4-8(14)13-10(12)17/h1-3H,4H2,(H,15,16)(H3,12,13,14,17). The molecule has 0 atom stereocenters. The number of nitrogens with two attached hydrogens (primary N) is 1. The number of rotatable bonds is 4. The number of carbonyl (C=O) groups excluding carboxylic acids is 2. The van der Waals surface area contributed by atoms with Gasteiger partial charge < -0.3 is 15.6 Å². The van der Waals surface area contributed by atoms with Gasteiger partial charge in [0.2, 0.25) is 0 Å². The van der Waals surface area contributed by atoms with Crippen molar-refractivity contribution >= 4 is 40.5 Å². The molecule has 4 N–H and O–H groups in total. The summed E-state index contributed by atoms with van der Waals surface area (Å²) < 4.78 is 5.74. The van der Waals surface area contributed by atoms with Crippen LogP contribution in [0.3, 0.4) is 0 Å². The second-order valence-corrected chi connectivity index (χ2v) is 4.31. The highest BCUT2D eigenvalue weighted by Gasteiger charge is 2.10. The summed E-state index contributed by atoms with van der Waals surface area (Å²) in [4.78, 5) is 32.2. The Balaban J connectivity index is 2.72. The first-order chi connectivity index (χ1) is 8.40. The van der Waals surface area contributed by atoms with Crippen molar-refractivity contribution in [1.29, 1.82) is 0 Å². The predicted octanol–water partition coefficient (Wildman–Crippen LogP) is 0.563. The van der Waals surface area contributed by atoms with Crippen molar-refractivity contribution in [3.05, 3.63) is 27.3 Å². The maximum Gasteiger partial charge on any atom is 0.335 e. The van der Waals surface area contributed by atoms with Crippen molar-refractivity contribution in [2.75, 3.05) is 6.61 Å². The van der Waals surface area contributed by atoms with E-state index in [1.54, 1.807) is 6.07 Å². The first-order valence-corrected chi connectivity index (χ1v) is 5.73. The van der Waals surface area contributed by atoms with E-state index < -0.39 is 24.5 Å². The molecule has 0 spiro atoms. The van der Waals surface area contributed by atoms with Crippen LogP contribution in [0.2, 0.25) is 0 Å². The van der Waals surface area contributed by atoms with Crippen LogP contribution in [0.15, 0.2) is 18.2 Å². The summed E-state index contributed by atoms with van der Waals surface area (Å²) >= 11 is 1.93. The minimum Gasteiger partial charge on any atom is -0.483 e. The number of urea groups is 1. The van der Waals surface area contributed by atoms with E-state index in [4.69, 9.17) is 15.6 Å². The third kappa shape index (κ3) is 4.20. The maximum atomic E-state index is 11.1. The van der Waals surface area contributed by atoms with E-state index in [1.165, 1.54) is 12.1 Å². The molecule has 0 aliphatic rings. The number of hydrogen-bond acceptors (Lipinski definition) is 4. The van der Waals surface area contributed by atoms with Gasteiger partial charge in [-0.3, -0.25) is 10.1 Å². The number of benzene rings is 1. The third-order valence-corrected chi connectivity index (χ3v) is 2.69. The summed E-state index contributed by atoms with van der Waals surface area (Å²) in [5, 5.41) is 10.6. The molecule has 7 nitrogen and oxygen atoms in total. The number of carboxylic acids is 1. The molecule has 1 aromatic rings. The maximum absolute atomic E-state index is 11.1. The molecule has 0 saturated carbocycles. The minimum atomic E-state index is -1.10. The highest BCUT2D eigenvalue weighted by Crippen LogP contribution is 2.22. The SMILES string of the molecule is NC(=O)NC(=O)COc1cc(C(=O)O)ccc1I. The van der Waals surface area contributed by atoms with Gasteiger partial charge in [0.1, 0.15) is 5.75 Å². The molecule has 0 aliphatic carbocycles. The third-order valence-electron chi connectivity index (χ3n) is 1.80. The number of primary amides is 1. The van der Waals surface area contributed by atoms with Crippen LogP contribution in [-0.4, -0.2) is 29.6 Å². The molecular formula is C10H9IN2O5. The lowest BCUT2D eigenvalue weighted by Crippen LogP contribution is -2.38. The number of imide groups is 1. The van der Waals surface area contributed by atoms with E-state index in [0.29, 0.717) is 3.57 Å². The van der Waals surface area contributed by atoms with E-state index in [9.17, 15) is 14.4 Å². The highest BCUT2D eigenvalue weighted by molar-refractivity contribution is 14.1. The summed E-state index contributed by atoms with van der Waals surface area (Å²) in [5.41, 5.74) is 4.79. The number of aromatic carboxylic acids is 1. The van der Waals surface area contributed by atoms with Gasteiger partial charge in [-0.1, -0.05) is 0 Å². The van der Waals surface area contributed by atoms with E-state index in [2.05, 4.69) is 0 Å². The second-order valence-electron chi connectivity index (χ2n) is 3.15. The van der Waals surface area contributed by atoms with Crippen LogP contribution in [0.25, 0.3) is 0 Å². The number of carboxylic acid groups (broad SMARTS) is 1. The molecule has 0 heterocycles. The molecule has 0 unspecified atom stereocenters. The molecule has 8 heteroatoms. The van der Waals surface area contributed by atoms with Gasteiger partial charge in [-0.15, -0.1) is 0 Å². The lowest BCUT2D eigenvalue weighted by Gasteiger charge is -2.08. The van der Waals surface area contributed by atoms with Gasteiger partial charge >= 0.3 is 12.0 Å². The number of ether oxygens (including phenoxy) is 1. The van der Waals surface area contributed by atoms with Crippen LogP contribution >= 0.6 is 22.6 Å². The van der Waals surface area contributed by atoms with Gasteiger partial charge in [-0.05, 0) is 40.8 Å².